The summed E-state index contributed by atoms with van der Waals surface area (Å²) in [6.45, 7) is 2.27. The average molecular weight is 239 g/mol. The normalized spacial score (nSPS) is 25.4. The maximum Gasteiger partial charge on any atom is 0.138 e. The van der Waals surface area contributed by atoms with Gasteiger partial charge in [-0.25, -0.2) is 0 Å². The van der Waals surface area contributed by atoms with Gasteiger partial charge >= 0.3 is 0 Å². The van der Waals surface area contributed by atoms with E-state index in [-0.39, 0.29) is 0 Å². The summed E-state index contributed by atoms with van der Waals surface area (Å²) in [5.74, 6) is 1.67. The molecule has 0 radical (unpaired) electrons. The summed E-state index contributed by atoms with van der Waals surface area (Å²) in [6.07, 6.45) is 6.62. The first-order chi connectivity index (χ1) is 7.79. The Labute approximate surface area is 103 Å². The Morgan fingerprint density at radius 2 is 2.12 bits per heavy atom. The van der Waals surface area contributed by atoms with E-state index in [1.165, 1.54) is 32.1 Å². The fourth-order valence-corrected chi connectivity index (χ4v) is 2.62. The van der Waals surface area contributed by atoms with Crippen LogP contribution in [-0.2, 0) is 0 Å². The Morgan fingerprint density at radius 3 is 2.88 bits per heavy atom. The fourth-order valence-electron chi connectivity index (χ4n) is 2.44. The molecule has 0 spiro atoms. The number of rotatable bonds is 3. The Bertz CT molecular complexity index is 337. The van der Waals surface area contributed by atoms with Crippen LogP contribution in [0.25, 0.3) is 0 Å². The SMILES string of the molecule is CCC1CCCC(Oc2ccccc2Cl)C1. The third kappa shape index (κ3) is 2.91. The minimum absolute atomic E-state index is 0.360. The number of para-hydroxylation sites is 1. The lowest BCUT2D eigenvalue weighted by Gasteiger charge is -2.29. The summed E-state index contributed by atoms with van der Waals surface area (Å²) in [6, 6.07) is 7.75. The molecule has 88 valence electrons. The molecule has 2 unspecified atom stereocenters. The molecule has 1 aromatic carbocycles. The maximum atomic E-state index is 6.09. The molecule has 1 aliphatic rings. The van der Waals surface area contributed by atoms with Crippen molar-refractivity contribution in [2.75, 3.05) is 0 Å². The number of halogens is 1. The van der Waals surface area contributed by atoms with Crippen molar-refractivity contribution in [2.45, 2.75) is 45.1 Å². The summed E-state index contributed by atoms with van der Waals surface area (Å²) >= 11 is 6.09. The number of ether oxygens (including phenoxy) is 1. The highest BCUT2D eigenvalue weighted by atomic mass is 35.5. The van der Waals surface area contributed by atoms with Gasteiger partial charge in [-0.2, -0.15) is 0 Å². The van der Waals surface area contributed by atoms with Crippen LogP contribution in [0.15, 0.2) is 24.3 Å². The highest BCUT2D eigenvalue weighted by Crippen LogP contribution is 2.32. The molecule has 2 heteroatoms. The molecule has 0 aliphatic heterocycles. The molecule has 1 nitrogen and oxygen atoms in total. The van der Waals surface area contributed by atoms with Gasteiger partial charge in [0.15, 0.2) is 0 Å². The van der Waals surface area contributed by atoms with Crippen LogP contribution in [0, 0.1) is 5.92 Å². The van der Waals surface area contributed by atoms with E-state index in [0.29, 0.717) is 6.10 Å². The van der Waals surface area contributed by atoms with Crippen LogP contribution in [0.5, 0.6) is 5.75 Å². The molecular formula is C14H19ClO. The van der Waals surface area contributed by atoms with Crippen LogP contribution in [0.3, 0.4) is 0 Å². The van der Waals surface area contributed by atoms with Crippen LogP contribution in [0.4, 0.5) is 0 Å². The van der Waals surface area contributed by atoms with Crippen molar-refractivity contribution in [1.82, 2.24) is 0 Å². The smallest absolute Gasteiger partial charge is 0.138 e. The lowest BCUT2D eigenvalue weighted by molar-refractivity contribution is 0.122. The van der Waals surface area contributed by atoms with Crippen molar-refractivity contribution in [3.05, 3.63) is 29.3 Å². The van der Waals surface area contributed by atoms with Crippen molar-refractivity contribution in [1.29, 1.82) is 0 Å². The third-order valence-corrected chi connectivity index (χ3v) is 3.75. The summed E-state index contributed by atoms with van der Waals surface area (Å²) in [5.41, 5.74) is 0. The highest BCUT2D eigenvalue weighted by molar-refractivity contribution is 6.32. The standard InChI is InChI=1S/C14H19ClO/c1-2-11-6-5-7-12(10-11)16-14-9-4-3-8-13(14)15/h3-4,8-9,11-12H,2,5-7,10H2,1H3. The molecule has 0 amide bonds. The van der Waals surface area contributed by atoms with Gasteiger partial charge in [0.25, 0.3) is 0 Å². The Hall–Kier alpha value is -0.690. The molecule has 0 bridgehead atoms. The minimum Gasteiger partial charge on any atom is -0.489 e. The van der Waals surface area contributed by atoms with Crippen LogP contribution in [-0.4, -0.2) is 6.10 Å². The molecule has 0 N–H and O–H groups in total. The molecule has 0 heterocycles. The summed E-state index contributed by atoms with van der Waals surface area (Å²) < 4.78 is 5.99. The topological polar surface area (TPSA) is 9.23 Å². The second-order valence-electron chi connectivity index (χ2n) is 4.61. The molecule has 2 rings (SSSR count). The van der Waals surface area contributed by atoms with E-state index in [9.17, 15) is 0 Å². The summed E-state index contributed by atoms with van der Waals surface area (Å²) in [5, 5.41) is 0.723. The lowest BCUT2D eigenvalue weighted by Crippen LogP contribution is -2.25. The highest BCUT2D eigenvalue weighted by Gasteiger charge is 2.22. The molecular weight excluding hydrogens is 220 g/mol. The molecule has 1 aromatic rings. The van der Waals surface area contributed by atoms with Crippen LogP contribution >= 0.6 is 11.6 Å². The van der Waals surface area contributed by atoms with Gasteiger partial charge in [0, 0.05) is 0 Å². The van der Waals surface area contributed by atoms with Gasteiger partial charge in [-0.3, -0.25) is 0 Å². The molecule has 1 fully saturated rings. The monoisotopic (exact) mass is 238 g/mol. The van der Waals surface area contributed by atoms with Crippen molar-refractivity contribution < 1.29 is 4.74 Å². The van der Waals surface area contributed by atoms with Crippen molar-refractivity contribution in [2.24, 2.45) is 5.92 Å². The van der Waals surface area contributed by atoms with E-state index >= 15 is 0 Å². The van der Waals surface area contributed by atoms with Gasteiger partial charge in [0.05, 0.1) is 11.1 Å². The lowest BCUT2D eigenvalue weighted by atomic mass is 9.85. The fraction of sp³-hybridized carbons (Fsp3) is 0.571. The zero-order valence-electron chi connectivity index (χ0n) is 9.79. The second kappa shape index (κ2) is 5.58. The predicted octanol–water partition coefficient (Wildman–Crippen LogP) is 4.69. The van der Waals surface area contributed by atoms with E-state index in [0.717, 1.165) is 16.7 Å². The van der Waals surface area contributed by atoms with E-state index in [4.69, 9.17) is 16.3 Å². The van der Waals surface area contributed by atoms with Gasteiger partial charge in [-0.05, 0) is 37.3 Å². The molecule has 1 aliphatic carbocycles. The molecule has 1 saturated carbocycles. The number of hydrogen-bond donors (Lipinski definition) is 0. The van der Waals surface area contributed by atoms with Crippen LogP contribution in [0.1, 0.15) is 39.0 Å². The summed E-state index contributed by atoms with van der Waals surface area (Å²) in [4.78, 5) is 0. The van der Waals surface area contributed by atoms with E-state index in [1.807, 2.05) is 24.3 Å². The quantitative estimate of drug-likeness (QED) is 0.743. The van der Waals surface area contributed by atoms with Crippen molar-refractivity contribution >= 4 is 11.6 Å². The largest absolute Gasteiger partial charge is 0.489 e. The Kier molecular flexibility index (Phi) is 4.11. The van der Waals surface area contributed by atoms with Gasteiger partial charge in [-0.1, -0.05) is 43.5 Å². The Morgan fingerprint density at radius 1 is 1.31 bits per heavy atom. The Balaban J connectivity index is 1.97. The van der Waals surface area contributed by atoms with Crippen molar-refractivity contribution in [3.63, 3.8) is 0 Å². The maximum absolute atomic E-state index is 6.09. The summed E-state index contributed by atoms with van der Waals surface area (Å²) in [7, 11) is 0. The minimum atomic E-state index is 0.360. The average Bonchev–Trinajstić information content (AvgIpc) is 2.32. The first-order valence-electron chi connectivity index (χ1n) is 6.20. The molecule has 0 aromatic heterocycles. The predicted molar refractivity (Wildman–Crippen MR) is 68.1 cm³/mol. The van der Waals surface area contributed by atoms with Crippen LogP contribution in [0.2, 0.25) is 5.02 Å². The zero-order chi connectivity index (χ0) is 11.4. The van der Waals surface area contributed by atoms with Crippen LogP contribution < -0.4 is 4.74 Å². The number of benzene rings is 1. The third-order valence-electron chi connectivity index (χ3n) is 3.44. The molecule has 2 atom stereocenters. The van der Waals surface area contributed by atoms with Gasteiger partial charge in [-0.15, -0.1) is 0 Å². The molecule has 0 saturated heterocycles. The zero-order valence-corrected chi connectivity index (χ0v) is 10.5. The van der Waals surface area contributed by atoms with E-state index in [1.54, 1.807) is 0 Å². The van der Waals surface area contributed by atoms with Gasteiger partial charge < -0.3 is 4.74 Å². The van der Waals surface area contributed by atoms with E-state index < -0.39 is 0 Å². The second-order valence-corrected chi connectivity index (χ2v) is 5.02. The van der Waals surface area contributed by atoms with Gasteiger partial charge in [0.1, 0.15) is 5.75 Å². The molecule has 16 heavy (non-hydrogen) atoms. The van der Waals surface area contributed by atoms with Crippen molar-refractivity contribution in [3.8, 4) is 5.75 Å². The first-order valence-corrected chi connectivity index (χ1v) is 6.58. The number of hydrogen-bond acceptors (Lipinski definition) is 1. The van der Waals surface area contributed by atoms with E-state index in [2.05, 4.69) is 6.92 Å². The first kappa shape index (κ1) is 11.8. The van der Waals surface area contributed by atoms with Gasteiger partial charge in [0.2, 0.25) is 0 Å².